The number of H-pyrrole nitrogens is 1. The molecule has 0 aliphatic heterocycles. The van der Waals surface area contributed by atoms with Gasteiger partial charge in [0.2, 0.25) is 11.9 Å². The third-order valence-electron chi connectivity index (χ3n) is 2.90. The second-order valence-corrected chi connectivity index (χ2v) is 4.59. The molecule has 0 atom stereocenters. The molecule has 1 aromatic carbocycles. The van der Waals surface area contributed by atoms with Crippen LogP contribution in [-0.4, -0.2) is 15.9 Å². The molecule has 0 saturated heterocycles. The maximum atomic E-state index is 11.6. The van der Waals surface area contributed by atoms with E-state index < -0.39 is 0 Å². The van der Waals surface area contributed by atoms with E-state index in [1.807, 2.05) is 31.2 Å². The van der Waals surface area contributed by atoms with Crippen molar-refractivity contribution < 1.29 is 0 Å². The van der Waals surface area contributed by atoms with Crippen molar-refractivity contribution in [2.45, 2.75) is 20.8 Å². The minimum atomic E-state index is -0.209. The minimum Gasteiger partial charge on any atom is -0.369 e. The number of aromatic nitrogens is 2. The summed E-state index contributed by atoms with van der Waals surface area (Å²) in [4.78, 5) is 22.4. The molecule has 0 fully saturated rings. The van der Waals surface area contributed by atoms with Gasteiger partial charge in [-0.25, -0.2) is 4.98 Å². The lowest BCUT2D eigenvalue weighted by Gasteiger charge is -2.06. The summed E-state index contributed by atoms with van der Waals surface area (Å²) in [7, 11) is 0. The summed E-state index contributed by atoms with van der Waals surface area (Å²) in [5, 5.41) is 2.95. The molecule has 0 unspecified atom stereocenters. The van der Waals surface area contributed by atoms with Crippen LogP contribution in [0.1, 0.15) is 16.8 Å². The molecular weight excluding hydrogens is 254 g/mol. The minimum absolute atomic E-state index is 0.169. The van der Waals surface area contributed by atoms with Gasteiger partial charge in [-0.3, -0.25) is 9.78 Å². The highest BCUT2D eigenvalue weighted by atomic mass is 16.1. The van der Waals surface area contributed by atoms with Crippen molar-refractivity contribution in [3.05, 3.63) is 51.4 Å². The Kier molecular flexibility index (Phi) is 3.84. The Hall–Kier alpha value is -2.63. The summed E-state index contributed by atoms with van der Waals surface area (Å²) < 4.78 is 0. The number of aliphatic imine (C=N–C) groups is 1. The molecule has 0 amide bonds. The molecule has 0 bridgehead atoms. The number of benzene rings is 1. The van der Waals surface area contributed by atoms with E-state index in [-0.39, 0.29) is 17.5 Å². The molecule has 4 N–H and O–H groups in total. The number of hydrogen-bond donors (Lipinski definition) is 3. The molecule has 2 rings (SSSR count). The van der Waals surface area contributed by atoms with E-state index in [2.05, 4.69) is 20.3 Å². The van der Waals surface area contributed by atoms with E-state index in [0.717, 1.165) is 11.3 Å². The Balaban J connectivity index is 2.25. The van der Waals surface area contributed by atoms with Gasteiger partial charge in [-0.2, -0.15) is 4.99 Å². The lowest BCUT2D eigenvalue weighted by atomic mass is 10.2. The van der Waals surface area contributed by atoms with Crippen molar-refractivity contribution in [1.29, 1.82) is 0 Å². The fourth-order valence-corrected chi connectivity index (χ4v) is 1.70. The Morgan fingerprint density at radius 2 is 2.10 bits per heavy atom. The second kappa shape index (κ2) is 5.56. The predicted molar refractivity (Wildman–Crippen MR) is 80.4 cm³/mol. The zero-order valence-electron chi connectivity index (χ0n) is 11.7. The van der Waals surface area contributed by atoms with Crippen LogP contribution in [0.2, 0.25) is 0 Å². The molecule has 0 spiro atoms. The van der Waals surface area contributed by atoms with Crippen molar-refractivity contribution >= 4 is 17.6 Å². The number of anilines is 1. The van der Waals surface area contributed by atoms with Gasteiger partial charge in [0.05, 0.1) is 0 Å². The lowest BCUT2D eigenvalue weighted by Crippen LogP contribution is -2.23. The molecule has 2 aromatic rings. The number of rotatable bonds is 2. The summed E-state index contributed by atoms with van der Waals surface area (Å²) in [6.07, 6.45) is 0. The van der Waals surface area contributed by atoms with Crippen LogP contribution >= 0.6 is 0 Å². The number of nitrogens with two attached hydrogens (primary N) is 1. The molecule has 0 aliphatic carbocycles. The van der Waals surface area contributed by atoms with Crippen molar-refractivity contribution in [3.63, 3.8) is 0 Å². The zero-order valence-corrected chi connectivity index (χ0v) is 11.7. The fourth-order valence-electron chi connectivity index (χ4n) is 1.70. The van der Waals surface area contributed by atoms with Crippen LogP contribution in [0.25, 0.3) is 0 Å². The Morgan fingerprint density at radius 3 is 2.75 bits per heavy atom. The molecule has 0 radical (unpaired) electrons. The smallest absolute Gasteiger partial charge is 0.255 e. The zero-order chi connectivity index (χ0) is 14.7. The summed E-state index contributed by atoms with van der Waals surface area (Å²) >= 11 is 0. The van der Waals surface area contributed by atoms with E-state index in [1.54, 1.807) is 13.8 Å². The highest BCUT2D eigenvalue weighted by molar-refractivity contribution is 5.93. The number of aromatic amines is 1. The van der Waals surface area contributed by atoms with Crippen LogP contribution in [0.15, 0.2) is 34.1 Å². The summed E-state index contributed by atoms with van der Waals surface area (Å²) in [5.74, 6) is 0.359. The molecule has 1 heterocycles. The van der Waals surface area contributed by atoms with Crippen molar-refractivity contribution in [1.82, 2.24) is 9.97 Å². The fraction of sp³-hybridized carbons (Fsp3) is 0.214. The Labute approximate surface area is 116 Å². The van der Waals surface area contributed by atoms with Gasteiger partial charge in [-0.1, -0.05) is 12.1 Å². The average molecular weight is 271 g/mol. The van der Waals surface area contributed by atoms with E-state index in [0.29, 0.717) is 11.3 Å². The maximum Gasteiger partial charge on any atom is 0.255 e. The molecule has 6 heteroatoms. The third-order valence-corrected chi connectivity index (χ3v) is 2.90. The van der Waals surface area contributed by atoms with Crippen molar-refractivity contribution in [2.75, 3.05) is 5.32 Å². The molecular formula is C14H17N5O. The van der Waals surface area contributed by atoms with E-state index in [9.17, 15) is 4.79 Å². The summed E-state index contributed by atoms with van der Waals surface area (Å²) in [6, 6.07) is 7.73. The van der Waals surface area contributed by atoms with Crippen LogP contribution < -0.4 is 16.6 Å². The van der Waals surface area contributed by atoms with Gasteiger partial charge in [-0.15, -0.1) is 0 Å². The topological polar surface area (TPSA) is 96.2 Å². The highest BCUT2D eigenvalue weighted by Gasteiger charge is 2.03. The van der Waals surface area contributed by atoms with Gasteiger partial charge in [-0.05, 0) is 38.5 Å². The van der Waals surface area contributed by atoms with Crippen LogP contribution in [-0.2, 0) is 0 Å². The molecule has 0 aliphatic rings. The van der Waals surface area contributed by atoms with E-state index >= 15 is 0 Å². The first kappa shape index (κ1) is 13.8. The number of aryl methyl sites for hydroxylation is 2. The van der Waals surface area contributed by atoms with Crippen LogP contribution in [0, 0.1) is 20.8 Å². The van der Waals surface area contributed by atoms with Crippen LogP contribution in [0.5, 0.6) is 0 Å². The maximum absolute atomic E-state index is 11.6. The first-order chi connectivity index (χ1) is 9.45. The first-order valence-electron chi connectivity index (χ1n) is 6.21. The predicted octanol–water partition coefficient (Wildman–Crippen LogP) is 1.75. The summed E-state index contributed by atoms with van der Waals surface area (Å²) in [5.41, 5.74) is 8.75. The quantitative estimate of drug-likeness (QED) is 0.572. The SMILES string of the molecule is Cc1cccc(N/C(N)=N/c2nc(C)c(C)c(=O)[nH]2)c1. The van der Waals surface area contributed by atoms with Crippen LogP contribution in [0.3, 0.4) is 0 Å². The van der Waals surface area contributed by atoms with Crippen LogP contribution in [0.4, 0.5) is 11.6 Å². The Bertz CT molecular complexity index is 718. The van der Waals surface area contributed by atoms with E-state index in [1.165, 1.54) is 0 Å². The van der Waals surface area contributed by atoms with Gasteiger partial charge in [0.15, 0.2) is 0 Å². The second-order valence-electron chi connectivity index (χ2n) is 4.59. The van der Waals surface area contributed by atoms with E-state index in [4.69, 9.17) is 5.73 Å². The number of nitrogens with one attached hydrogen (secondary N) is 2. The Morgan fingerprint density at radius 1 is 1.35 bits per heavy atom. The van der Waals surface area contributed by atoms with Gasteiger partial charge >= 0.3 is 0 Å². The third kappa shape index (κ3) is 3.23. The van der Waals surface area contributed by atoms with Crippen molar-refractivity contribution in [3.8, 4) is 0 Å². The number of nitrogens with zero attached hydrogens (tertiary/aromatic N) is 2. The van der Waals surface area contributed by atoms with Gasteiger partial charge in [0.1, 0.15) is 0 Å². The van der Waals surface area contributed by atoms with Crippen molar-refractivity contribution in [2.24, 2.45) is 10.7 Å². The molecule has 0 saturated carbocycles. The largest absolute Gasteiger partial charge is 0.369 e. The monoisotopic (exact) mass is 271 g/mol. The standard InChI is InChI=1S/C14H17N5O/c1-8-5-4-6-11(7-8)17-13(15)19-14-16-10(3)9(2)12(20)18-14/h4-7H,1-3H3,(H4,15,16,17,18,19,20). The first-order valence-corrected chi connectivity index (χ1v) is 6.21. The highest BCUT2D eigenvalue weighted by Crippen LogP contribution is 2.10. The summed E-state index contributed by atoms with van der Waals surface area (Å²) in [6.45, 7) is 5.46. The number of guanidine groups is 1. The molecule has 104 valence electrons. The van der Waals surface area contributed by atoms with Gasteiger partial charge in [0.25, 0.3) is 5.56 Å². The normalized spacial score (nSPS) is 11.4. The van der Waals surface area contributed by atoms with Gasteiger partial charge in [0, 0.05) is 16.9 Å². The molecule has 20 heavy (non-hydrogen) atoms. The molecule has 1 aromatic heterocycles. The number of hydrogen-bond acceptors (Lipinski definition) is 3. The van der Waals surface area contributed by atoms with Gasteiger partial charge < -0.3 is 11.1 Å². The average Bonchev–Trinajstić information content (AvgIpc) is 2.35. The lowest BCUT2D eigenvalue weighted by molar-refractivity contribution is 1.01. The molecule has 6 nitrogen and oxygen atoms in total.